The fourth-order valence-corrected chi connectivity index (χ4v) is 1.98. The molecule has 0 aromatic heterocycles. The normalized spacial score (nSPS) is 15.2. The first kappa shape index (κ1) is 14.9. The van der Waals surface area contributed by atoms with Crippen molar-refractivity contribution in [3.8, 4) is 0 Å². The lowest BCUT2D eigenvalue weighted by Gasteiger charge is -2.15. The van der Waals surface area contributed by atoms with Gasteiger partial charge in [-0.25, -0.2) is 4.39 Å². The average molecular weight is 218 g/mol. The molecule has 2 heteroatoms. The van der Waals surface area contributed by atoms with E-state index >= 15 is 0 Å². The number of halogens is 1. The van der Waals surface area contributed by atoms with Crippen molar-refractivity contribution in [2.24, 2.45) is 5.92 Å². The highest BCUT2D eigenvalue weighted by atomic mass is 19.1. The van der Waals surface area contributed by atoms with Crippen LogP contribution >= 0.6 is 0 Å². The van der Waals surface area contributed by atoms with Crippen LogP contribution in [-0.2, 0) is 0 Å². The van der Waals surface area contributed by atoms with Crippen molar-refractivity contribution in [2.75, 3.05) is 0 Å². The maximum atomic E-state index is 12.7. The Morgan fingerprint density at radius 3 is 2.00 bits per heavy atom. The predicted octanol–water partition coefficient (Wildman–Crippen LogP) is 4.44. The van der Waals surface area contributed by atoms with Crippen LogP contribution in [0.4, 0.5) is 4.39 Å². The molecular formula is C13H27FO. The summed E-state index contributed by atoms with van der Waals surface area (Å²) in [5.74, 6) is -0.124. The number of hydrogen-bond donors (Lipinski definition) is 1. The zero-order chi connectivity index (χ0) is 11.5. The van der Waals surface area contributed by atoms with Gasteiger partial charge in [0.25, 0.3) is 0 Å². The van der Waals surface area contributed by atoms with Crippen LogP contribution in [-0.4, -0.2) is 11.5 Å². The Morgan fingerprint density at radius 2 is 1.47 bits per heavy atom. The number of hydrogen-bond acceptors (Lipinski definition) is 1. The first-order valence-corrected chi connectivity index (χ1v) is 6.54. The molecule has 0 radical (unpaired) electrons. The van der Waals surface area contributed by atoms with Crippen molar-refractivity contribution in [1.29, 1.82) is 0 Å². The van der Waals surface area contributed by atoms with Crippen molar-refractivity contribution >= 4 is 0 Å². The van der Waals surface area contributed by atoms with E-state index in [1.54, 1.807) is 0 Å². The van der Waals surface area contributed by atoms with E-state index in [1.807, 2.05) is 6.92 Å². The van der Waals surface area contributed by atoms with Crippen molar-refractivity contribution in [2.45, 2.75) is 78.0 Å². The number of aliphatic hydroxyl groups is 1. The van der Waals surface area contributed by atoms with Gasteiger partial charge in [0.15, 0.2) is 6.36 Å². The summed E-state index contributed by atoms with van der Waals surface area (Å²) in [6.45, 7) is 4.24. The molecule has 0 rings (SSSR count). The predicted molar refractivity (Wildman–Crippen MR) is 63.5 cm³/mol. The van der Waals surface area contributed by atoms with Gasteiger partial charge < -0.3 is 5.11 Å². The molecule has 0 bridgehead atoms. The second-order valence-electron chi connectivity index (χ2n) is 4.48. The van der Waals surface area contributed by atoms with Gasteiger partial charge in [-0.3, -0.25) is 0 Å². The Morgan fingerprint density at radius 1 is 0.867 bits per heavy atom. The topological polar surface area (TPSA) is 20.2 Å². The second-order valence-corrected chi connectivity index (χ2v) is 4.48. The molecular weight excluding hydrogens is 191 g/mol. The highest BCUT2D eigenvalue weighted by molar-refractivity contribution is 4.61. The van der Waals surface area contributed by atoms with Crippen LogP contribution in [0.15, 0.2) is 0 Å². The fourth-order valence-electron chi connectivity index (χ4n) is 1.98. The SMILES string of the molecule is CCCCCCCCC(CCC)C(O)F. The standard InChI is InChI=1S/C13H27FO/c1-3-5-6-7-8-9-11-12(10-4-2)13(14)15/h12-13,15H,3-11H2,1-2H3. The van der Waals surface area contributed by atoms with Gasteiger partial charge in [-0.1, -0.05) is 58.8 Å². The Labute approximate surface area is 94.1 Å². The Balaban J connectivity index is 3.37. The van der Waals surface area contributed by atoms with Gasteiger partial charge in [0.1, 0.15) is 0 Å². The summed E-state index contributed by atoms with van der Waals surface area (Å²) in [5.41, 5.74) is 0. The molecule has 0 saturated heterocycles. The van der Waals surface area contributed by atoms with Crippen LogP contribution in [0.3, 0.4) is 0 Å². The third-order valence-corrected chi connectivity index (χ3v) is 2.98. The molecule has 0 spiro atoms. The minimum atomic E-state index is -1.61. The molecule has 0 aliphatic heterocycles. The molecule has 1 N–H and O–H groups in total. The molecule has 15 heavy (non-hydrogen) atoms. The molecule has 92 valence electrons. The lowest BCUT2D eigenvalue weighted by atomic mass is 9.96. The van der Waals surface area contributed by atoms with Gasteiger partial charge in [-0.2, -0.15) is 0 Å². The second kappa shape index (κ2) is 10.4. The van der Waals surface area contributed by atoms with Crippen LogP contribution in [0, 0.1) is 5.92 Å². The van der Waals surface area contributed by atoms with Crippen LogP contribution in [0.5, 0.6) is 0 Å². The fraction of sp³-hybridized carbons (Fsp3) is 1.00. The summed E-state index contributed by atoms with van der Waals surface area (Å²) < 4.78 is 12.7. The van der Waals surface area contributed by atoms with Gasteiger partial charge in [0.05, 0.1) is 0 Å². The smallest absolute Gasteiger partial charge is 0.199 e. The highest BCUT2D eigenvalue weighted by Crippen LogP contribution is 2.20. The summed E-state index contributed by atoms with van der Waals surface area (Å²) in [6, 6.07) is 0. The number of rotatable bonds is 10. The molecule has 2 unspecified atom stereocenters. The molecule has 2 atom stereocenters. The first-order valence-electron chi connectivity index (χ1n) is 6.54. The van der Waals surface area contributed by atoms with Gasteiger partial charge in [-0.05, 0) is 12.8 Å². The molecule has 0 saturated carbocycles. The summed E-state index contributed by atoms with van der Waals surface area (Å²) in [7, 11) is 0. The Bertz CT molecular complexity index is 126. The zero-order valence-corrected chi connectivity index (χ0v) is 10.3. The maximum Gasteiger partial charge on any atom is 0.199 e. The van der Waals surface area contributed by atoms with E-state index in [-0.39, 0.29) is 5.92 Å². The van der Waals surface area contributed by atoms with Crippen molar-refractivity contribution in [1.82, 2.24) is 0 Å². The number of alkyl halides is 1. The summed E-state index contributed by atoms with van der Waals surface area (Å²) in [4.78, 5) is 0. The average Bonchev–Trinajstić information content (AvgIpc) is 2.21. The van der Waals surface area contributed by atoms with Crippen molar-refractivity contribution in [3.63, 3.8) is 0 Å². The molecule has 1 nitrogen and oxygen atoms in total. The van der Waals surface area contributed by atoms with Gasteiger partial charge in [0, 0.05) is 5.92 Å². The van der Waals surface area contributed by atoms with E-state index in [9.17, 15) is 4.39 Å². The maximum absolute atomic E-state index is 12.7. The first-order chi connectivity index (χ1) is 7.22. The van der Waals surface area contributed by atoms with E-state index in [1.165, 1.54) is 32.1 Å². The Hall–Kier alpha value is -0.110. The molecule has 0 fully saturated rings. The molecule has 0 aliphatic carbocycles. The summed E-state index contributed by atoms with van der Waals surface area (Å²) in [6.07, 6.45) is 8.39. The van der Waals surface area contributed by atoms with E-state index in [0.717, 1.165) is 25.7 Å². The van der Waals surface area contributed by atoms with Crippen LogP contribution in [0.25, 0.3) is 0 Å². The van der Waals surface area contributed by atoms with E-state index in [2.05, 4.69) is 6.92 Å². The number of unbranched alkanes of at least 4 members (excludes halogenated alkanes) is 5. The van der Waals surface area contributed by atoms with E-state index in [0.29, 0.717) is 0 Å². The lowest BCUT2D eigenvalue weighted by Crippen LogP contribution is -2.14. The van der Waals surface area contributed by atoms with Crippen LogP contribution in [0.2, 0.25) is 0 Å². The lowest BCUT2D eigenvalue weighted by molar-refractivity contribution is -0.0187. The monoisotopic (exact) mass is 218 g/mol. The highest BCUT2D eigenvalue weighted by Gasteiger charge is 2.16. The minimum absolute atomic E-state index is 0.124. The van der Waals surface area contributed by atoms with Crippen molar-refractivity contribution in [3.05, 3.63) is 0 Å². The third-order valence-electron chi connectivity index (χ3n) is 2.98. The zero-order valence-electron chi connectivity index (χ0n) is 10.3. The summed E-state index contributed by atoms with van der Waals surface area (Å²) >= 11 is 0. The molecule has 0 heterocycles. The largest absolute Gasteiger partial charge is 0.364 e. The van der Waals surface area contributed by atoms with Gasteiger partial charge in [-0.15, -0.1) is 0 Å². The minimum Gasteiger partial charge on any atom is -0.364 e. The van der Waals surface area contributed by atoms with E-state index < -0.39 is 6.36 Å². The van der Waals surface area contributed by atoms with E-state index in [4.69, 9.17) is 5.11 Å². The number of aliphatic hydroxyl groups excluding tert-OH is 1. The van der Waals surface area contributed by atoms with Gasteiger partial charge in [0.2, 0.25) is 0 Å². The third kappa shape index (κ3) is 8.86. The molecule has 0 amide bonds. The molecule has 0 aromatic rings. The molecule has 0 aliphatic rings. The van der Waals surface area contributed by atoms with Gasteiger partial charge >= 0.3 is 0 Å². The quantitative estimate of drug-likeness (QED) is 0.537. The summed E-state index contributed by atoms with van der Waals surface area (Å²) in [5, 5.41) is 8.92. The van der Waals surface area contributed by atoms with Crippen molar-refractivity contribution < 1.29 is 9.50 Å². The molecule has 0 aromatic carbocycles. The Kier molecular flexibility index (Phi) is 10.3. The van der Waals surface area contributed by atoms with Crippen LogP contribution < -0.4 is 0 Å². The van der Waals surface area contributed by atoms with Crippen LogP contribution in [0.1, 0.15) is 71.6 Å².